The molecule has 246 valence electrons. The molecule has 0 saturated carbocycles. The second-order valence-corrected chi connectivity index (χ2v) is 12.2. The molecule has 47 heavy (non-hydrogen) atoms. The van der Waals surface area contributed by atoms with E-state index in [-0.39, 0.29) is 31.1 Å². The summed E-state index contributed by atoms with van der Waals surface area (Å²) in [4.78, 5) is 25.3. The van der Waals surface area contributed by atoms with Gasteiger partial charge in [-0.15, -0.1) is 0 Å². The maximum absolute atomic E-state index is 12.3. The number of benzene rings is 4. The topological polar surface area (TPSA) is 108 Å². The molecule has 8 heteroatoms. The molecule has 1 aliphatic heterocycles. The molecule has 1 fully saturated rings. The average Bonchev–Trinajstić information content (AvgIpc) is 3.09. The Morgan fingerprint density at radius 1 is 0.787 bits per heavy atom. The lowest BCUT2D eigenvalue weighted by Gasteiger charge is -2.38. The van der Waals surface area contributed by atoms with E-state index < -0.39 is 12.3 Å². The first-order valence-electron chi connectivity index (χ1n) is 16.3. The van der Waals surface area contributed by atoms with Crippen LogP contribution in [-0.2, 0) is 38.8 Å². The largest absolute Gasteiger partial charge is 0.481 e. The number of nitrogens with zero attached hydrogens (tertiary/aromatic N) is 1. The molecule has 1 heterocycles. The van der Waals surface area contributed by atoms with E-state index in [0.29, 0.717) is 32.2 Å². The lowest BCUT2D eigenvalue weighted by atomic mass is 9.98. The quantitative estimate of drug-likeness (QED) is 0.123. The number of carboxylic acids is 1. The fourth-order valence-corrected chi connectivity index (χ4v) is 5.92. The zero-order chi connectivity index (χ0) is 33.0. The summed E-state index contributed by atoms with van der Waals surface area (Å²) in [5.41, 5.74) is 7.11. The van der Waals surface area contributed by atoms with E-state index in [2.05, 4.69) is 59.7 Å². The van der Waals surface area contributed by atoms with E-state index >= 15 is 0 Å². The lowest BCUT2D eigenvalue weighted by Crippen LogP contribution is -2.37. The molecule has 1 aliphatic rings. The summed E-state index contributed by atoms with van der Waals surface area (Å²) in [6.07, 6.45) is 1.34. The molecular formula is C39H44N2O6. The Morgan fingerprint density at radius 2 is 1.49 bits per heavy atom. The maximum Gasteiger partial charge on any atom is 0.303 e. The van der Waals surface area contributed by atoms with Gasteiger partial charge in [-0.3, -0.25) is 14.5 Å². The molecule has 1 saturated heterocycles. The van der Waals surface area contributed by atoms with Crippen LogP contribution < -0.4 is 5.32 Å². The van der Waals surface area contributed by atoms with Crippen molar-refractivity contribution in [1.29, 1.82) is 0 Å². The number of carboxylic acid groups (broad SMARTS) is 1. The van der Waals surface area contributed by atoms with Crippen LogP contribution in [0.2, 0.25) is 0 Å². The second-order valence-electron chi connectivity index (χ2n) is 12.2. The van der Waals surface area contributed by atoms with Crippen molar-refractivity contribution in [1.82, 2.24) is 10.2 Å². The predicted molar refractivity (Wildman–Crippen MR) is 181 cm³/mol. The van der Waals surface area contributed by atoms with Crippen LogP contribution in [-0.4, -0.2) is 46.7 Å². The smallest absolute Gasteiger partial charge is 0.303 e. The Bertz CT molecular complexity index is 1590. The van der Waals surface area contributed by atoms with E-state index in [9.17, 15) is 14.7 Å². The van der Waals surface area contributed by atoms with Crippen molar-refractivity contribution in [3.63, 3.8) is 0 Å². The number of aliphatic hydroxyl groups excluding tert-OH is 1. The minimum atomic E-state index is -0.840. The fourth-order valence-electron chi connectivity index (χ4n) is 5.92. The SMILES string of the molecule is CN(Cc1ccccc1)C[C@@H]1C[C@H](c2ccc(CO)cc2)O[C@H](c2cccc(-c3cccc(CNC(=O)CCCCC(=O)O)c3)c2)O1. The van der Waals surface area contributed by atoms with Gasteiger partial charge >= 0.3 is 5.97 Å². The van der Waals surface area contributed by atoms with Gasteiger partial charge in [-0.2, -0.15) is 0 Å². The highest BCUT2D eigenvalue weighted by Crippen LogP contribution is 2.39. The monoisotopic (exact) mass is 636 g/mol. The fraction of sp³-hybridized carbons (Fsp3) is 0.333. The minimum absolute atomic E-state index is 0.000589. The molecular weight excluding hydrogens is 592 g/mol. The number of ether oxygens (including phenoxy) is 2. The second kappa shape index (κ2) is 17.0. The highest BCUT2D eigenvalue weighted by molar-refractivity contribution is 5.76. The van der Waals surface area contributed by atoms with Crippen LogP contribution in [0.15, 0.2) is 103 Å². The predicted octanol–water partition coefficient (Wildman–Crippen LogP) is 6.78. The number of amides is 1. The first-order valence-corrected chi connectivity index (χ1v) is 16.3. The van der Waals surface area contributed by atoms with Crippen molar-refractivity contribution < 1.29 is 29.3 Å². The molecule has 0 spiro atoms. The summed E-state index contributed by atoms with van der Waals surface area (Å²) >= 11 is 0. The average molecular weight is 637 g/mol. The van der Waals surface area contributed by atoms with Crippen molar-refractivity contribution in [2.75, 3.05) is 13.6 Å². The van der Waals surface area contributed by atoms with Crippen molar-refractivity contribution in [3.8, 4) is 11.1 Å². The third-order valence-corrected chi connectivity index (χ3v) is 8.38. The Hall–Kier alpha value is -4.34. The van der Waals surface area contributed by atoms with Crippen molar-refractivity contribution >= 4 is 11.9 Å². The number of aliphatic hydroxyl groups is 1. The summed E-state index contributed by atoms with van der Waals surface area (Å²) in [5.74, 6) is -0.925. The highest BCUT2D eigenvalue weighted by atomic mass is 16.7. The first kappa shape index (κ1) is 34.0. The molecule has 8 nitrogen and oxygen atoms in total. The molecule has 0 radical (unpaired) electrons. The summed E-state index contributed by atoms with van der Waals surface area (Å²) in [5, 5.41) is 21.3. The maximum atomic E-state index is 12.3. The number of hydrogen-bond acceptors (Lipinski definition) is 6. The van der Waals surface area contributed by atoms with Gasteiger partial charge in [-0.1, -0.05) is 91.0 Å². The third kappa shape index (κ3) is 10.3. The molecule has 1 amide bonds. The van der Waals surface area contributed by atoms with Gasteiger partial charge in [0.25, 0.3) is 0 Å². The van der Waals surface area contributed by atoms with E-state index in [1.54, 1.807) is 0 Å². The van der Waals surface area contributed by atoms with Gasteiger partial charge in [-0.25, -0.2) is 0 Å². The number of nitrogens with one attached hydrogen (secondary N) is 1. The van der Waals surface area contributed by atoms with Crippen LogP contribution in [0.3, 0.4) is 0 Å². The van der Waals surface area contributed by atoms with E-state index in [4.69, 9.17) is 14.6 Å². The Kier molecular flexibility index (Phi) is 12.3. The summed E-state index contributed by atoms with van der Waals surface area (Å²) < 4.78 is 13.2. The number of unbranched alkanes of at least 4 members (excludes halogenated alkanes) is 1. The van der Waals surface area contributed by atoms with Crippen LogP contribution in [0, 0.1) is 0 Å². The molecule has 3 N–H and O–H groups in total. The first-order chi connectivity index (χ1) is 22.9. The van der Waals surface area contributed by atoms with Gasteiger partial charge < -0.3 is 25.0 Å². The van der Waals surface area contributed by atoms with Crippen molar-refractivity contribution in [3.05, 3.63) is 131 Å². The van der Waals surface area contributed by atoms with E-state index in [1.165, 1.54) is 5.56 Å². The van der Waals surface area contributed by atoms with Crippen molar-refractivity contribution in [2.24, 2.45) is 0 Å². The van der Waals surface area contributed by atoms with Crippen LogP contribution in [0.5, 0.6) is 0 Å². The number of carbonyl (C=O) groups excluding carboxylic acids is 1. The molecule has 0 bridgehead atoms. The highest BCUT2D eigenvalue weighted by Gasteiger charge is 2.33. The zero-order valence-corrected chi connectivity index (χ0v) is 26.9. The van der Waals surface area contributed by atoms with Gasteiger partial charge in [-0.05, 0) is 65.4 Å². The zero-order valence-electron chi connectivity index (χ0n) is 26.9. The Balaban J connectivity index is 1.28. The molecule has 0 aromatic heterocycles. The minimum Gasteiger partial charge on any atom is -0.481 e. The molecule has 4 aromatic carbocycles. The molecule has 5 rings (SSSR count). The van der Waals surface area contributed by atoms with Gasteiger partial charge in [0.2, 0.25) is 5.91 Å². The number of carbonyl (C=O) groups is 2. The molecule has 0 unspecified atom stereocenters. The lowest BCUT2D eigenvalue weighted by molar-refractivity contribution is -0.252. The van der Waals surface area contributed by atoms with Crippen LogP contribution >= 0.6 is 0 Å². The normalized spacial score (nSPS) is 17.8. The van der Waals surface area contributed by atoms with Gasteiger partial charge in [0, 0.05) is 44.5 Å². The molecule has 3 atom stereocenters. The number of hydrogen-bond donors (Lipinski definition) is 3. The van der Waals surface area contributed by atoms with E-state index in [1.807, 2.05) is 60.7 Å². The molecule has 0 aliphatic carbocycles. The number of aliphatic carboxylic acids is 1. The van der Waals surface area contributed by atoms with Gasteiger partial charge in [0.15, 0.2) is 6.29 Å². The van der Waals surface area contributed by atoms with Crippen LogP contribution in [0.1, 0.15) is 72.3 Å². The molecule has 4 aromatic rings. The summed E-state index contributed by atoms with van der Waals surface area (Å²) in [6, 6.07) is 34.6. The Morgan fingerprint density at radius 3 is 2.23 bits per heavy atom. The van der Waals surface area contributed by atoms with Gasteiger partial charge in [0.1, 0.15) is 0 Å². The van der Waals surface area contributed by atoms with Crippen LogP contribution in [0.25, 0.3) is 11.1 Å². The van der Waals surface area contributed by atoms with Gasteiger partial charge in [0.05, 0.1) is 18.8 Å². The van der Waals surface area contributed by atoms with Crippen LogP contribution in [0.4, 0.5) is 0 Å². The van der Waals surface area contributed by atoms with E-state index in [0.717, 1.165) is 46.5 Å². The Labute approximate surface area is 277 Å². The summed E-state index contributed by atoms with van der Waals surface area (Å²) in [7, 11) is 2.11. The number of rotatable bonds is 15. The standard InChI is InChI=1S/C39H44N2O6/c1-41(25-28-9-3-2-4-10-28)26-35-23-36(31-19-17-29(27-42)18-20-31)47-39(46-35)34-14-8-13-33(22-34)32-12-7-11-30(21-32)24-40-37(43)15-5-6-16-38(44)45/h2-4,7-14,17-22,35-36,39,42H,5-6,15-16,23-27H2,1H3,(H,40,43)(H,44,45)/t35-,36+,39+/m0/s1. The number of likely N-dealkylation sites (N-methyl/N-ethyl adjacent to an activating group) is 1. The van der Waals surface area contributed by atoms with Crippen molar-refractivity contribution in [2.45, 2.75) is 70.3 Å². The third-order valence-electron chi connectivity index (χ3n) is 8.38. The summed E-state index contributed by atoms with van der Waals surface area (Å²) in [6.45, 7) is 1.96.